The molecule has 0 aliphatic heterocycles. The molecule has 1 aromatic heterocycles. The molecule has 0 atom stereocenters. The van der Waals surface area contributed by atoms with Gasteiger partial charge >= 0.3 is 5.97 Å². The van der Waals surface area contributed by atoms with Crippen LogP contribution < -0.4 is 10.1 Å². The number of nitrogens with one attached hydrogen (secondary N) is 1. The molecule has 1 heterocycles. The number of thiazole rings is 1. The standard InChI is InChI=1S/C24H24N2O4S/c1-3-29-21-8-6-5-7-20(21)24-26-19(16-31-24)15-22(27)25-18-12-9-17(10-13-18)11-14-23(28)30-4-2/h5-14,16H,3-4,15H2,1-2H3,(H,25,27)/b14-11+. The van der Waals surface area contributed by atoms with Crippen molar-refractivity contribution in [2.24, 2.45) is 0 Å². The maximum atomic E-state index is 12.4. The van der Waals surface area contributed by atoms with E-state index in [4.69, 9.17) is 9.47 Å². The minimum atomic E-state index is -0.383. The zero-order valence-electron chi connectivity index (χ0n) is 17.5. The summed E-state index contributed by atoms with van der Waals surface area (Å²) in [7, 11) is 0. The maximum Gasteiger partial charge on any atom is 0.330 e. The number of para-hydroxylation sites is 1. The highest BCUT2D eigenvalue weighted by molar-refractivity contribution is 7.13. The van der Waals surface area contributed by atoms with Gasteiger partial charge in [0.05, 0.1) is 30.9 Å². The summed E-state index contributed by atoms with van der Waals surface area (Å²) < 4.78 is 10.5. The maximum absolute atomic E-state index is 12.4. The zero-order chi connectivity index (χ0) is 22.1. The Morgan fingerprint density at radius 3 is 2.58 bits per heavy atom. The molecule has 0 spiro atoms. The van der Waals surface area contributed by atoms with Crippen LogP contribution in [0.4, 0.5) is 5.69 Å². The second-order valence-corrected chi connectivity index (χ2v) is 7.36. The number of carbonyl (C=O) groups is 2. The second kappa shape index (κ2) is 11.1. The summed E-state index contributed by atoms with van der Waals surface area (Å²) >= 11 is 1.49. The lowest BCUT2D eigenvalue weighted by molar-refractivity contribution is -0.137. The smallest absolute Gasteiger partial charge is 0.330 e. The van der Waals surface area contributed by atoms with Gasteiger partial charge in [0.25, 0.3) is 0 Å². The number of benzene rings is 2. The van der Waals surface area contributed by atoms with Crippen LogP contribution in [0.2, 0.25) is 0 Å². The number of esters is 1. The summed E-state index contributed by atoms with van der Waals surface area (Å²) in [4.78, 5) is 28.4. The van der Waals surface area contributed by atoms with Crippen LogP contribution in [0, 0.1) is 0 Å². The van der Waals surface area contributed by atoms with Gasteiger partial charge in [-0.2, -0.15) is 0 Å². The highest BCUT2D eigenvalue weighted by Gasteiger charge is 2.12. The first-order valence-corrected chi connectivity index (χ1v) is 10.9. The van der Waals surface area contributed by atoms with Gasteiger partial charge in [0.2, 0.25) is 5.91 Å². The molecule has 0 fully saturated rings. The second-order valence-electron chi connectivity index (χ2n) is 6.51. The van der Waals surface area contributed by atoms with Crippen molar-refractivity contribution in [3.05, 3.63) is 71.2 Å². The van der Waals surface area contributed by atoms with E-state index in [9.17, 15) is 9.59 Å². The average molecular weight is 437 g/mol. The Balaban J connectivity index is 1.59. The largest absolute Gasteiger partial charge is 0.493 e. The van der Waals surface area contributed by atoms with E-state index in [1.165, 1.54) is 17.4 Å². The van der Waals surface area contributed by atoms with E-state index in [2.05, 4.69) is 10.3 Å². The van der Waals surface area contributed by atoms with E-state index in [-0.39, 0.29) is 18.3 Å². The van der Waals surface area contributed by atoms with Crippen molar-refractivity contribution in [2.75, 3.05) is 18.5 Å². The van der Waals surface area contributed by atoms with Gasteiger partial charge in [-0.25, -0.2) is 9.78 Å². The van der Waals surface area contributed by atoms with Crippen LogP contribution in [0.3, 0.4) is 0 Å². The van der Waals surface area contributed by atoms with Gasteiger partial charge in [0.15, 0.2) is 0 Å². The third kappa shape index (κ3) is 6.52. The third-order valence-corrected chi connectivity index (χ3v) is 5.13. The minimum absolute atomic E-state index is 0.148. The molecule has 31 heavy (non-hydrogen) atoms. The van der Waals surface area contributed by atoms with Crippen molar-refractivity contribution in [1.82, 2.24) is 4.98 Å². The molecular formula is C24H24N2O4S. The van der Waals surface area contributed by atoms with Crippen LogP contribution >= 0.6 is 11.3 Å². The van der Waals surface area contributed by atoms with Crippen LogP contribution in [0.25, 0.3) is 16.6 Å². The first-order valence-electron chi connectivity index (χ1n) is 10.0. The number of carbonyl (C=O) groups excluding carboxylic acids is 2. The van der Waals surface area contributed by atoms with E-state index in [0.29, 0.717) is 24.6 Å². The van der Waals surface area contributed by atoms with Crippen LogP contribution in [-0.2, 0) is 20.7 Å². The zero-order valence-corrected chi connectivity index (χ0v) is 18.3. The van der Waals surface area contributed by atoms with Gasteiger partial charge in [-0.3, -0.25) is 4.79 Å². The topological polar surface area (TPSA) is 77.5 Å². The SMILES string of the molecule is CCOC(=O)/C=C/c1ccc(NC(=O)Cc2csc(-c3ccccc3OCC)n2)cc1. The summed E-state index contributed by atoms with van der Waals surface area (Å²) in [5, 5.41) is 5.58. The fraction of sp³-hybridized carbons (Fsp3) is 0.208. The summed E-state index contributed by atoms with van der Waals surface area (Å²) in [6.07, 6.45) is 3.22. The molecule has 0 unspecified atom stereocenters. The lowest BCUT2D eigenvalue weighted by atomic mass is 10.2. The van der Waals surface area contributed by atoms with Gasteiger partial charge in [-0.05, 0) is 49.8 Å². The van der Waals surface area contributed by atoms with Gasteiger partial charge in [0, 0.05) is 17.1 Å². The number of amides is 1. The lowest BCUT2D eigenvalue weighted by Crippen LogP contribution is -2.14. The Morgan fingerprint density at radius 2 is 1.84 bits per heavy atom. The highest BCUT2D eigenvalue weighted by Crippen LogP contribution is 2.32. The quantitative estimate of drug-likeness (QED) is 0.379. The van der Waals surface area contributed by atoms with Crippen molar-refractivity contribution in [2.45, 2.75) is 20.3 Å². The molecule has 0 aliphatic rings. The number of nitrogens with zero attached hydrogens (tertiary/aromatic N) is 1. The number of hydrogen-bond donors (Lipinski definition) is 1. The van der Waals surface area contributed by atoms with Gasteiger partial charge < -0.3 is 14.8 Å². The molecule has 1 amide bonds. The number of aromatic nitrogens is 1. The summed E-state index contributed by atoms with van der Waals surface area (Å²) in [5.74, 6) is 0.253. The average Bonchev–Trinajstić information content (AvgIpc) is 3.22. The van der Waals surface area contributed by atoms with E-state index in [1.807, 2.05) is 48.7 Å². The highest BCUT2D eigenvalue weighted by atomic mass is 32.1. The molecule has 0 aliphatic carbocycles. The molecular weight excluding hydrogens is 412 g/mol. The van der Waals surface area contributed by atoms with E-state index in [0.717, 1.165) is 21.9 Å². The Hall–Kier alpha value is -3.45. The molecule has 6 nitrogen and oxygen atoms in total. The van der Waals surface area contributed by atoms with Crippen molar-refractivity contribution in [1.29, 1.82) is 0 Å². The summed E-state index contributed by atoms with van der Waals surface area (Å²) in [6, 6.07) is 14.9. The van der Waals surface area contributed by atoms with Gasteiger partial charge in [0.1, 0.15) is 10.8 Å². The molecule has 3 rings (SSSR count). The molecule has 0 saturated carbocycles. The normalized spacial score (nSPS) is 10.8. The third-order valence-electron chi connectivity index (χ3n) is 4.20. The van der Waals surface area contributed by atoms with Crippen LogP contribution in [0.15, 0.2) is 60.0 Å². The molecule has 160 valence electrons. The van der Waals surface area contributed by atoms with Crippen molar-refractivity contribution < 1.29 is 19.1 Å². The molecule has 3 aromatic rings. The molecule has 0 bridgehead atoms. The summed E-state index contributed by atoms with van der Waals surface area (Å²) in [6.45, 7) is 4.62. The number of ether oxygens (including phenoxy) is 2. The Labute approximate surface area is 185 Å². The van der Waals surface area contributed by atoms with E-state index in [1.54, 1.807) is 25.1 Å². The van der Waals surface area contributed by atoms with Gasteiger partial charge in [-0.15, -0.1) is 11.3 Å². The van der Waals surface area contributed by atoms with Crippen LogP contribution in [0.5, 0.6) is 5.75 Å². The predicted molar refractivity (Wildman–Crippen MR) is 123 cm³/mol. The fourth-order valence-corrected chi connectivity index (χ4v) is 3.69. The lowest BCUT2D eigenvalue weighted by Gasteiger charge is -2.07. The molecule has 1 N–H and O–H groups in total. The van der Waals surface area contributed by atoms with Gasteiger partial charge in [-0.1, -0.05) is 24.3 Å². The number of rotatable bonds is 9. The van der Waals surface area contributed by atoms with E-state index >= 15 is 0 Å². The Kier molecular flexibility index (Phi) is 7.95. The number of hydrogen-bond acceptors (Lipinski definition) is 6. The molecule has 2 aromatic carbocycles. The summed E-state index contributed by atoms with van der Waals surface area (Å²) in [5.41, 5.74) is 3.14. The van der Waals surface area contributed by atoms with Crippen molar-refractivity contribution in [3.8, 4) is 16.3 Å². The monoisotopic (exact) mass is 436 g/mol. The van der Waals surface area contributed by atoms with E-state index < -0.39 is 0 Å². The fourth-order valence-electron chi connectivity index (χ4n) is 2.84. The van der Waals surface area contributed by atoms with Crippen LogP contribution in [-0.4, -0.2) is 30.1 Å². The Bertz CT molecular complexity index is 1060. The minimum Gasteiger partial charge on any atom is -0.493 e. The Morgan fingerprint density at radius 1 is 1.06 bits per heavy atom. The molecule has 0 radical (unpaired) electrons. The van der Waals surface area contributed by atoms with Crippen molar-refractivity contribution >= 4 is 35.0 Å². The van der Waals surface area contributed by atoms with Crippen LogP contribution in [0.1, 0.15) is 25.1 Å². The first kappa shape index (κ1) is 22.2. The molecule has 7 heteroatoms. The number of anilines is 1. The van der Waals surface area contributed by atoms with Crippen molar-refractivity contribution in [3.63, 3.8) is 0 Å². The predicted octanol–water partition coefficient (Wildman–Crippen LogP) is 4.97. The molecule has 0 saturated heterocycles. The first-order chi connectivity index (χ1) is 15.1.